The summed E-state index contributed by atoms with van der Waals surface area (Å²) in [5.74, 6) is 0.599. The maximum Gasteiger partial charge on any atom is 0.225 e. The standard InChI is InChI=1S/C19H26FNO2/c1-13-3-4-15(10-17(13)20)9-14-5-7-21(8-6-14)18(22)16-11-19(2,23)12-16/h3-4,10,14,16,23H,5-9,11-12H2,1-2H3. The molecule has 3 nitrogen and oxygen atoms in total. The van der Waals surface area contributed by atoms with Crippen molar-refractivity contribution in [3.05, 3.63) is 35.1 Å². The number of piperidine rings is 1. The van der Waals surface area contributed by atoms with E-state index in [9.17, 15) is 14.3 Å². The van der Waals surface area contributed by atoms with E-state index in [0.29, 0.717) is 24.3 Å². The SMILES string of the molecule is Cc1ccc(CC2CCN(C(=O)C3CC(C)(O)C3)CC2)cc1F. The minimum atomic E-state index is -0.645. The van der Waals surface area contributed by atoms with Crippen LogP contribution in [-0.2, 0) is 11.2 Å². The highest BCUT2D eigenvalue weighted by atomic mass is 19.1. The molecule has 0 atom stereocenters. The highest BCUT2D eigenvalue weighted by molar-refractivity contribution is 5.80. The zero-order valence-electron chi connectivity index (χ0n) is 14.0. The number of hydrogen-bond acceptors (Lipinski definition) is 2. The third-order valence-electron chi connectivity index (χ3n) is 5.41. The van der Waals surface area contributed by atoms with Crippen LogP contribution in [-0.4, -0.2) is 34.6 Å². The summed E-state index contributed by atoms with van der Waals surface area (Å²) < 4.78 is 13.6. The van der Waals surface area contributed by atoms with Crippen LogP contribution in [0.4, 0.5) is 4.39 Å². The van der Waals surface area contributed by atoms with E-state index in [0.717, 1.165) is 37.9 Å². The first-order chi connectivity index (χ1) is 10.8. The molecule has 0 radical (unpaired) electrons. The fraction of sp³-hybridized carbons (Fsp3) is 0.632. The van der Waals surface area contributed by atoms with Gasteiger partial charge in [0.25, 0.3) is 0 Å². The fourth-order valence-electron chi connectivity index (χ4n) is 3.89. The molecular formula is C19H26FNO2. The zero-order chi connectivity index (χ0) is 16.6. The molecule has 0 aromatic heterocycles. The lowest BCUT2D eigenvalue weighted by Crippen LogP contribution is -2.51. The van der Waals surface area contributed by atoms with Crippen molar-refractivity contribution in [3.63, 3.8) is 0 Å². The van der Waals surface area contributed by atoms with Crippen LogP contribution in [0.5, 0.6) is 0 Å². The van der Waals surface area contributed by atoms with Crippen molar-refractivity contribution in [2.24, 2.45) is 11.8 Å². The van der Waals surface area contributed by atoms with E-state index in [4.69, 9.17) is 0 Å². The number of hydrogen-bond donors (Lipinski definition) is 1. The van der Waals surface area contributed by atoms with Crippen LogP contribution < -0.4 is 0 Å². The van der Waals surface area contributed by atoms with Gasteiger partial charge < -0.3 is 10.0 Å². The van der Waals surface area contributed by atoms with Gasteiger partial charge in [0.2, 0.25) is 5.91 Å². The second-order valence-corrected chi connectivity index (χ2v) is 7.66. The molecule has 1 heterocycles. The van der Waals surface area contributed by atoms with Crippen LogP contribution >= 0.6 is 0 Å². The second kappa shape index (κ2) is 6.23. The van der Waals surface area contributed by atoms with Crippen LogP contribution in [0.25, 0.3) is 0 Å². The van der Waals surface area contributed by atoms with E-state index < -0.39 is 5.60 Å². The molecule has 0 bridgehead atoms. The molecule has 1 aromatic carbocycles. The van der Waals surface area contributed by atoms with Gasteiger partial charge in [-0.3, -0.25) is 4.79 Å². The lowest BCUT2D eigenvalue weighted by molar-refractivity contribution is -0.151. The molecule has 1 aliphatic heterocycles. The van der Waals surface area contributed by atoms with Gasteiger partial charge in [-0.1, -0.05) is 12.1 Å². The molecule has 2 aliphatic rings. The molecule has 1 aliphatic carbocycles. The molecule has 1 amide bonds. The minimum absolute atomic E-state index is 0.00717. The first-order valence-corrected chi connectivity index (χ1v) is 8.60. The van der Waals surface area contributed by atoms with E-state index >= 15 is 0 Å². The summed E-state index contributed by atoms with van der Waals surface area (Å²) in [6.45, 7) is 5.15. The van der Waals surface area contributed by atoms with Crippen molar-refractivity contribution in [2.45, 2.75) is 51.6 Å². The Labute approximate surface area is 137 Å². The number of aryl methyl sites for hydroxylation is 1. The molecule has 126 valence electrons. The highest BCUT2D eigenvalue weighted by Crippen LogP contribution is 2.39. The second-order valence-electron chi connectivity index (χ2n) is 7.66. The maximum atomic E-state index is 13.6. The minimum Gasteiger partial charge on any atom is -0.390 e. The van der Waals surface area contributed by atoms with Gasteiger partial charge >= 0.3 is 0 Å². The molecular weight excluding hydrogens is 293 g/mol. The van der Waals surface area contributed by atoms with Crippen molar-refractivity contribution in [1.82, 2.24) is 4.90 Å². The Hall–Kier alpha value is -1.42. The zero-order valence-corrected chi connectivity index (χ0v) is 14.0. The Morgan fingerprint density at radius 1 is 1.35 bits per heavy atom. The van der Waals surface area contributed by atoms with Gasteiger partial charge in [-0.2, -0.15) is 0 Å². The smallest absolute Gasteiger partial charge is 0.225 e. The maximum absolute atomic E-state index is 13.6. The van der Waals surface area contributed by atoms with Gasteiger partial charge in [-0.25, -0.2) is 4.39 Å². The number of halogens is 1. The molecule has 2 fully saturated rings. The van der Waals surface area contributed by atoms with E-state index in [2.05, 4.69) is 0 Å². The molecule has 1 saturated heterocycles. The average molecular weight is 319 g/mol. The molecule has 23 heavy (non-hydrogen) atoms. The van der Waals surface area contributed by atoms with Gasteiger partial charge in [0, 0.05) is 19.0 Å². The highest BCUT2D eigenvalue weighted by Gasteiger charge is 2.44. The summed E-state index contributed by atoms with van der Waals surface area (Å²) in [6, 6.07) is 5.49. The lowest BCUT2D eigenvalue weighted by Gasteiger charge is -2.43. The molecule has 1 N–H and O–H groups in total. The summed E-state index contributed by atoms with van der Waals surface area (Å²) in [6.07, 6.45) is 4.02. The van der Waals surface area contributed by atoms with Gasteiger partial charge in [0.05, 0.1) is 5.60 Å². The largest absolute Gasteiger partial charge is 0.390 e. The Balaban J connectivity index is 1.48. The van der Waals surface area contributed by atoms with Gasteiger partial charge in [0.1, 0.15) is 5.82 Å². The normalized spacial score (nSPS) is 28.5. The van der Waals surface area contributed by atoms with Gasteiger partial charge in [-0.15, -0.1) is 0 Å². The summed E-state index contributed by atoms with van der Waals surface area (Å²) in [5, 5.41) is 9.78. The number of carbonyl (C=O) groups excluding carboxylic acids is 1. The molecule has 3 rings (SSSR count). The number of nitrogens with zero attached hydrogens (tertiary/aromatic N) is 1. The topological polar surface area (TPSA) is 40.5 Å². The van der Waals surface area contributed by atoms with E-state index in [-0.39, 0.29) is 17.6 Å². The molecule has 1 aromatic rings. The quantitative estimate of drug-likeness (QED) is 0.930. The fourth-order valence-corrected chi connectivity index (χ4v) is 3.89. The lowest BCUT2D eigenvalue weighted by atomic mass is 9.71. The molecule has 1 saturated carbocycles. The molecule has 0 spiro atoms. The van der Waals surface area contributed by atoms with Crippen molar-refractivity contribution in [3.8, 4) is 0 Å². The summed E-state index contributed by atoms with van der Waals surface area (Å²) in [5.41, 5.74) is 1.09. The predicted molar refractivity (Wildman–Crippen MR) is 87.5 cm³/mol. The van der Waals surface area contributed by atoms with Crippen LogP contribution in [0.15, 0.2) is 18.2 Å². The monoisotopic (exact) mass is 319 g/mol. The van der Waals surface area contributed by atoms with Crippen LogP contribution in [0, 0.1) is 24.6 Å². The first-order valence-electron chi connectivity index (χ1n) is 8.60. The third kappa shape index (κ3) is 3.74. The number of amides is 1. The van der Waals surface area contributed by atoms with E-state index in [1.54, 1.807) is 19.9 Å². The summed E-state index contributed by atoms with van der Waals surface area (Å²) in [4.78, 5) is 14.3. The summed E-state index contributed by atoms with van der Waals surface area (Å²) in [7, 11) is 0. The average Bonchev–Trinajstić information content (AvgIpc) is 2.48. The van der Waals surface area contributed by atoms with Crippen molar-refractivity contribution in [2.75, 3.05) is 13.1 Å². The van der Waals surface area contributed by atoms with Crippen LogP contribution in [0.2, 0.25) is 0 Å². The Kier molecular flexibility index (Phi) is 4.45. The van der Waals surface area contributed by atoms with Crippen molar-refractivity contribution < 1.29 is 14.3 Å². The van der Waals surface area contributed by atoms with Crippen molar-refractivity contribution >= 4 is 5.91 Å². The Morgan fingerprint density at radius 3 is 2.57 bits per heavy atom. The van der Waals surface area contributed by atoms with Crippen LogP contribution in [0.3, 0.4) is 0 Å². The van der Waals surface area contributed by atoms with Crippen molar-refractivity contribution in [1.29, 1.82) is 0 Å². The Bertz CT molecular complexity index is 583. The third-order valence-corrected chi connectivity index (χ3v) is 5.41. The summed E-state index contributed by atoms with van der Waals surface area (Å²) >= 11 is 0. The van der Waals surface area contributed by atoms with Crippen LogP contribution in [0.1, 0.15) is 43.7 Å². The molecule has 0 unspecified atom stereocenters. The van der Waals surface area contributed by atoms with E-state index in [1.165, 1.54) is 0 Å². The van der Waals surface area contributed by atoms with E-state index in [1.807, 2.05) is 17.0 Å². The number of aliphatic hydroxyl groups is 1. The molecule has 4 heteroatoms. The Morgan fingerprint density at radius 2 is 2.00 bits per heavy atom. The first kappa shape index (κ1) is 16.4. The van der Waals surface area contributed by atoms with Gasteiger partial charge in [0.15, 0.2) is 0 Å². The predicted octanol–water partition coefficient (Wildman–Crippen LogP) is 3.08. The van der Waals surface area contributed by atoms with Gasteiger partial charge in [-0.05, 0) is 69.1 Å². The number of likely N-dealkylation sites (tertiary alicyclic amines) is 1. The number of benzene rings is 1. The number of carbonyl (C=O) groups is 1. The number of rotatable bonds is 3.